The Labute approximate surface area is 128 Å². The van der Waals surface area contributed by atoms with Crippen LogP contribution in [0.15, 0.2) is 22.6 Å². The van der Waals surface area contributed by atoms with E-state index in [0.29, 0.717) is 29.2 Å². The first-order chi connectivity index (χ1) is 10.2. The molecule has 1 N–H and O–H groups in total. The van der Waals surface area contributed by atoms with E-state index >= 15 is 0 Å². The molecule has 1 aromatic heterocycles. The fourth-order valence-corrected chi connectivity index (χ4v) is 1.97. The molecule has 6 nitrogen and oxygen atoms in total. The quantitative estimate of drug-likeness (QED) is 0.755. The molecule has 0 amide bonds. The molecule has 0 spiro atoms. The molecule has 0 unspecified atom stereocenters. The summed E-state index contributed by atoms with van der Waals surface area (Å²) in [6.07, 6.45) is 0. The molecule has 0 atom stereocenters. The van der Waals surface area contributed by atoms with Gasteiger partial charge in [0.1, 0.15) is 5.75 Å². The number of nitrogens with one attached hydrogen (secondary N) is 1. The van der Waals surface area contributed by atoms with E-state index in [9.17, 15) is 0 Å². The molecule has 2 aromatic rings. The van der Waals surface area contributed by atoms with Crippen LogP contribution in [-0.2, 0) is 17.9 Å². The molecule has 0 aliphatic rings. The fraction of sp³-hybridized carbons (Fsp3) is 0.429. The molecule has 0 bridgehead atoms. The molecule has 0 radical (unpaired) electrons. The number of rotatable bonds is 8. The average Bonchev–Trinajstić information content (AvgIpc) is 2.88. The number of aromatic nitrogens is 2. The highest BCUT2D eigenvalue weighted by molar-refractivity contribution is 6.32. The van der Waals surface area contributed by atoms with Crippen LogP contribution < -0.4 is 10.1 Å². The second-order valence-corrected chi connectivity index (χ2v) is 4.85. The van der Waals surface area contributed by atoms with Crippen LogP contribution >= 0.6 is 11.6 Å². The Kier molecular flexibility index (Phi) is 5.98. The molecular weight excluding hydrogens is 294 g/mol. The van der Waals surface area contributed by atoms with E-state index in [4.69, 9.17) is 25.5 Å². The van der Waals surface area contributed by atoms with E-state index in [0.717, 1.165) is 18.7 Å². The zero-order chi connectivity index (χ0) is 15.1. The van der Waals surface area contributed by atoms with Crippen molar-refractivity contribution < 1.29 is 13.9 Å². The van der Waals surface area contributed by atoms with Crippen molar-refractivity contribution in [2.24, 2.45) is 0 Å². The lowest BCUT2D eigenvalue weighted by molar-refractivity contribution is 0.199. The van der Waals surface area contributed by atoms with Crippen LogP contribution in [0.5, 0.6) is 5.75 Å². The minimum atomic E-state index is 0.200. The normalized spacial score (nSPS) is 10.8. The topological polar surface area (TPSA) is 69.4 Å². The van der Waals surface area contributed by atoms with Gasteiger partial charge in [0.25, 0.3) is 5.89 Å². The van der Waals surface area contributed by atoms with Crippen LogP contribution in [0, 0.1) is 6.92 Å². The van der Waals surface area contributed by atoms with Gasteiger partial charge in [0.15, 0.2) is 6.61 Å². The van der Waals surface area contributed by atoms with Crippen LogP contribution in [0.3, 0.4) is 0 Å². The van der Waals surface area contributed by atoms with Crippen LogP contribution in [0.25, 0.3) is 0 Å². The Morgan fingerprint density at radius 3 is 2.86 bits per heavy atom. The van der Waals surface area contributed by atoms with Gasteiger partial charge in [-0.1, -0.05) is 17.7 Å². The Hall–Kier alpha value is -1.63. The number of hydrogen-bond acceptors (Lipinski definition) is 6. The van der Waals surface area contributed by atoms with E-state index in [-0.39, 0.29) is 6.61 Å². The standard InChI is InChI=1S/C14H18ClN3O3/c1-10-17-18-14(21-10)9-20-13-4-3-11(7-12(13)15)8-16-5-6-19-2/h3-4,7,16H,5-6,8-9H2,1-2H3. The van der Waals surface area contributed by atoms with Gasteiger partial charge in [-0.3, -0.25) is 0 Å². The van der Waals surface area contributed by atoms with Crippen molar-refractivity contribution in [3.63, 3.8) is 0 Å². The molecule has 0 aliphatic heterocycles. The van der Waals surface area contributed by atoms with E-state index in [1.807, 2.05) is 18.2 Å². The fourth-order valence-electron chi connectivity index (χ4n) is 1.71. The summed E-state index contributed by atoms with van der Waals surface area (Å²) in [5.41, 5.74) is 1.08. The van der Waals surface area contributed by atoms with E-state index in [2.05, 4.69) is 15.5 Å². The molecule has 1 aromatic carbocycles. The number of nitrogens with zero attached hydrogens (tertiary/aromatic N) is 2. The van der Waals surface area contributed by atoms with E-state index in [1.54, 1.807) is 14.0 Å². The van der Waals surface area contributed by atoms with Crippen molar-refractivity contribution in [1.82, 2.24) is 15.5 Å². The van der Waals surface area contributed by atoms with Gasteiger partial charge in [0.2, 0.25) is 5.89 Å². The third kappa shape index (κ3) is 5.00. The van der Waals surface area contributed by atoms with Crippen molar-refractivity contribution in [2.75, 3.05) is 20.3 Å². The summed E-state index contributed by atoms with van der Waals surface area (Å²) >= 11 is 6.20. The van der Waals surface area contributed by atoms with Gasteiger partial charge in [-0.15, -0.1) is 10.2 Å². The van der Waals surface area contributed by atoms with Crippen molar-refractivity contribution in [1.29, 1.82) is 0 Å². The molecular formula is C14H18ClN3O3. The van der Waals surface area contributed by atoms with Gasteiger partial charge in [0.05, 0.1) is 11.6 Å². The molecule has 1 heterocycles. The second-order valence-electron chi connectivity index (χ2n) is 4.44. The maximum Gasteiger partial charge on any atom is 0.253 e. The highest BCUT2D eigenvalue weighted by atomic mass is 35.5. The molecule has 0 aliphatic carbocycles. The van der Waals surface area contributed by atoms with Crippen LogP contribution in [0.1, 0.15) is 17.3 Å². The van der Waals surface area contributed by atoms with E-state index in [1.165, 1.54) is 0 Å². The smallest absolute Gasteiger partial charge is 0.253 e. The monoisotopic (exact) mass is 311 g/mol. The minimum absolute atomic E-state index is 0.200. The summed E-state index contributed by atoms with van der Waals surface area (Å²) in [4.78, 5) is 0. The van der Waals surface area contributed by atoms with Gasteiger partial charge in [-0.05, 0) is 17.7 Å². The predicted octanol–water partition coefficient (Wildman–Crippen LogP) is 2.35. The number of halogens is 1. The summed E-state index contributed by atoms with van der Waals surface area (Å²) in [7, 11) is 1.68. The van der Waals surface area contributed by atoms with Crippen LogP contribution in [-0.4, -0.2) is 30.5 Å². The first-order valence-electron chi connectivity index (χ1n) is 6.59. The molecule has 21 heavy (non-hydrogen) atoms. The maximum atomic E-state index is 6.20. The van der Waals surface area contributed by atoms with Gasteiger partial charge >= 0.3 is 0 Å². The Balaban J connectivity index is 1.86. The van der Waals surface area contributed by atoms with Crippen molar-refractivity contribution >= 4 is 11.6 Å². The van der Waals surface area contributed by atoms with Gasteiger partial charge in [-0.25, -0.2) is 0 Å². The Morgan fingerprint density at radius 2 is 2.19 bits per heavy atom. The summed E-state index contributed by atoms with van der Waals surface area (Å²) in [6, 6.07) is 5.66. The summed E-state index contributed by atoms with van der Waals surface area (Å²) in [5.74, 6) is 1.53. The van der Waals surface area contributed by atoms with Crippen molar-refractivity contribution in [3.05, 3.63) is 40.6 Å². The number of benzene rings is 1. The van der Waals surface area contributed by atoms with Crippen molar-refractivity contribution in [2.45, 2.75) is 20.1 Å². The molecule has 0 saturated carbocycles. The maximum absolute atomic E-state index is 6.20. The lowest BCUT2D eigenvalue weighted by Gasteiger charge is -2.09. The van der Waals surface area contributed by atoms with E-state index < -0.39 is 0 Å². The predicted molar refractivity (Wildman–Crippen MR) is 78.4 cm³/mol. The lowest BCUT2D eigenvalue weighted by Crippen LogP contribution is -2.18. The van der Waals surface area contributed by atoms with Crippen LogP contribution in [0.4, 0.5) is 0 Å². The highest BCUT2D eigenvalue weighted by Crippen LogP contribution is 2.26. The largest absolute Gasteiger partial charge is 0.482 e. The first-order valence-corrected chi connectivity index (χ1v) is 6.96. The molecule has 114 valence electrons. The number of methoxy groups -OCH3 is 1. The van der Waals surface area contributed by atoms with Gasteiger partial charge < -0.3 is 19.2 Å². The summed E-state index contributed by atoms with van der Waals surface area (Å²) in [6.45, 7) is 4.13. The summed E-state index contributed by atoms with van der Waals surface area (Å²) in [5, 5.41) is 11.4. The second kappa shape index (κ2) is 7.97. The van der Waals surface area contributed by atoms with Crippen molar-refractivity contribution in [3.8, 4) is 5.75 Å². The first kappa shape index (κ1) is 15.8. The summed E-state index contributed by atoms with van der Waals surface area (Å²) < 4.78 is 15.8. The molecule has 7 heteroatoms. The van der Waals surface area contributed by atoms with Crippen LogP contribution in [0.2, 0.25) is 5.02 Å². The number of ether oxygens (including phenoxy) is 2. The van der Waals surface area contributed by atoms with Gasteiger partial charge in [0, 0.05) is 27.1 Å². The average molecular weight is 312 g/mol. The minimum Gasteiger partial charge on any atom is -0.482 e. The zero-order valence-corrected chi connectivity index (χ0v) is 12.8. The zero-order valence-electron chi connectivity index (χ0n) is 12.1. The highest BCUT2D eigenvalue weighted by Gasteiger charge is 2.07. The molecule has 2 rings (SSSR count). The number of aryl methyl sites for hydroxylation is 1. The number of hydrogen-bond donors (Lipinski definition) is 1. The third-order valence-electron chi connectivity index (χ3n) is 2.73. The Bertz CT molecular complexity index is 574. The lowest BCUT2D eigenvalue weighted by atomic mass is 10.2. The third-order valence-corrected chi connectivity index (χ3v) is 3.02. The van der Waals surface area contributed by atoms with Gasteiger partial charge in [-0.2, -0.15) is 0 Å². The molecule has 0 saturated heterocycles. The Morgan fingerprint density at radius 1 is 1.33 bits per heavy atom. The molecule has 0 fully saturated rings. The SMILES string of the molecule is COCCNCc1ccc(OCc2nnc(C)o2)c(Cl)c1.